The van der Waals surface area contributed by atoms with E-state index in [1.54, 1.807) is 24.3 Å². The molecule has 4 heteroatoms. The van der Waals surface area contributed by atoms with Crippen molar-refractivity contribution in [2.75, 3.05) is 0 Å². The second-order valence-electron chi connectivity index (χ2n) is 3.73. The Hall–Kier alpha value is -1.39. The van der Waals surface area contributed by atoms with Gasteiger partial charge < -0.3 is 4.42 Å². The van der Waals surface area contributed by atoms with Gasteiger partial charge in [-0.2, -0.15) is 0 Å². The lowest BCUT2D eigenvalue weighted by Crippen LogP contribution is -2.03. The predicted molar refractivity (Wildman–Crippen MR) is 74.5 cm³/mol. The minimum absolute atomic E-state index is 0.0669. The second kappa shape index (κ2) is 3.82. The third kappa shape index (κ3) is 1.56. The van der Waals surface area contributed by atoms with Crippen molar-refractivity contribution >= 4 is 47.2 Å². The number of hydrogen-bond donors (Lipinski definition) is 2. The van der Waals surface area contributed by atoms with Crippen molar-refractivity contribution in [3.63, 3.8) is 0 Å². The van der Waals surface area contributed by atoms with Gasteiger partial charge in [-0.25, -0.2) is 0 Å². The summed E-state index contributed by atoms with van der Waals surface area (Å²) in [6.45, 7) is 0. The fraction of sp³-hybridized carbons (Fsp3) is 0. The largest absolute Gasteiger partial charge is 0.456 e. The Morgan fingerprint density at radius 2 is 1.71 bits per heavy atom. The van der Waals surface area contributed by atoms with Gasteiger partial charge in [0.2, 0.25) is 5.43 Å². The summed E-state index contributed by atoms with van der Waals surface area (Å²) < 4.78 is 5.68. The van der Waals surface area contributed by atoms with Crippen molar-refractivity contribution in [1.29, 1.82) is 0 Å². The molecule has 2 aromatic carbocycles. The average Bonchev–Trinajstić information content (AvgIpc) is 2.34. The predicted octanol–water partition coefficient (Wildman–Crippen LogP) is 3.52. The number of hydrogen-bond acceptors (Lipinski definition) is 4. The van der Waals surface area contributed by atoms with E-state index in [0.717, 1.165) is 0 Å². The van der Waals surface area contributed by atoms with Gasteiger partial charge in [-0.15, -0.1) is 25.3 Å². The van der Waals surface area contributed by atoms with E-state index in [1.165, 1.54) is 0 Å². The van der Waals surface area contributed by atoms with Crippen LogP contribution in [0, 0.1) is 0 Å². The van der Waals surface area contributed by atoms with E-state index in [4.69, 9.17) is 4.42 Å². The molecule has 0 unspecified atom stereocenters. The smallest absolute Gasteiger partial charge is 0.201 e. The van der Waals surface area contributed by atoms with E-state index in [0.29, 0.717) is 31.7 Å². The van der Waals surface area contributed by atoms with Gasteiger partial charge in [-0.1, -0.05) is 12.1 Å². The zero-order chi connectivity index (χ0) is 12.0. The van der Waals surface area contributed by atoms with Crippen LogP contribution < -0.4 is 5.43 Å². The van der Waals surface area contributed by atoms with Gasteiger partial charge in [-0.3, -0.25) is 4.79 Å². The quantitative estimate of drug-likeness (QED) is 0.478. The van der Waals surface area contributed by atoms with Gasteiger partial charge in [0.05, 0.1) is 10.8 Å². The first-order valence-electron chi connectivity index (χ1n) is 5.05. The first kappa shape index (κ1) is 10.7. The van der Waals surface area contributed by atoms with E-state index >= 15 is 0 Å². The molecule has 1 heterocycles. The Morgan fingerprint density at radius 1 is 0.941 bits per heavy atom. The maximum atomic E-state index is 12.3. The molecule has 0 N–H and O–H groups in total. The van der Waals surface area contributed by atoms with E-state index in [-0.39, 0.29) is 5.43 Å². The molecule has 2 nitrogen and oxygen atoms in total. The molecule has 0 radical (unpaired) electrons. The number of thiol groups is 2. The van der Waals surface area contributed by atoms with E-state index in [1.807, 2.05) is 12.1 Å². The van der Waals surface area contributed by atoms with Crippen LogP contribution in [-0.2, 0) is 0 Å². The van der Waals surface area contributed by atoms with Crippen molar-refractivity contribution in [1.82, 2.24) is 0 Å². The zero-order valence-electron chi connectivity index (χ0n) is 8.68. The molecular formula is C13H8O2S2. The van der Waals surface area contributed by atoms with Crippen LogP contribution in [0.25, 0.3) is 21.9 Å². The van der Waals surface area contributed by atoms with Crippen LogP contribution in [0.3, 0.4) is 0 Å². The average molecular weight is 260 g/mol. The van der Waals surface area contributed by atoms with Gasteiger partial charge in [0, 0.05) is 9.79 Å². The fourth-order valence-corrected chi connectivity index (χ4v) is 2.34. The lowest BCUT2D eigenvalue weighted by Gasteiger charge is -2.04. The Kier molecular flexibility index (Phi) is 2.42. The third-order valence-electron chi connectivity index (χ3n) is 2.70. The SMILES string of the molecule is O=c1c2ccccc2oc2ccc(S)c(S)c12. The van der Waals surface area contributed by atoms with Crippen molar-refractivity contribution < 1.29 is 4.42 Å². The molecule has 0 saturated carbocycles. The zero-order valence-corrected chi connectivity index (χ0v) is 10.5. The molecule has 0 aliphatic rings. The van der Waals surface area contributed by atoms with Crippen LogP contribution in [0.2, 0.25) is 0 Å². The highest BCUT2D eigenvalue weighted by molar-refractivity contribution is 7.83. The van der Waals surface area contributed by atoms with Crippen LogP contribution in [-0.4, -0.2) is 0 Å². The number of benzene rings is 2. The summed E-state index contributed by atoms with van der Waals surface area (Å²) in [7, 11) is 0. The summed E-state index contributed by atoms with van der Waals surface area (Å²) in [5.74, 6) is 0. The Labute approximate surface area is 108 Å². The first-order valence-corrected chi connectivity index (χ1v) is 5.94. The van der Waals surface area contributed by atoms with E-state index < -0.39 is 0 Å². The Morgan fingerprint density at radius 3 is 2.53 bits per heavy atom. The highest BCUT2D eigenvalue weighted by Crippen LogP contribution is 2.28. The summed E-state index contributed by atoms with van der Waals surface area (Å²) in [5, 5.41) is 1.05. The topological polar surface area (TPSA) is 30.2 Å². The molecule has 0 fully saturated rings. The van der Waals surface area contributed by atoms with Crippen molar-refractivity contribution in [3.8, 4) is 0 Å². The van der Waals surface area contributed by atoms with Gasteiger partial charge in [0.15, 0.2) is 0 Å². The number of rotatable bonds is 0. The molecule has 0 aliphatic heterocycles. The fourth-order valence-electron chi connectivity index (χ4n) is 1.86. The Balaban J connectivity index is 2.66. The van der Waals surface area contributed by atoms with Crippen LogP contribution in [0.5, 0.6) is 0 Å². The Bertz CT molecular complexity index is 790. The van der Waals surface area contributed by atoms with Crippen molar-refractivity contribution in [2.45, 2.75) is 9.79 Å². The molecule has 17 heavy (non-hydrogen) atoms. The molecule has 84 valence electrons. The minimum Gasteiger partial charge on any atom is -0.456 e. The van der Waals surface area contributed by atoms with Crippen LogP contribution in [0.15, 0.2) is 55.4 Å². The lowest BCUT2D eigenvalue weighted by atomic mass is 10.1. The van der Waals surface area contributed by atoms with Crippen LogP contribution >= 0.6 is 25.3 Å². The second-order valence-corrected chi connectivity index (χ2v) is 4.66. The molecule has 3 rings (SSSR count). The molecular weight excluding hydrogens is 252 g/mol. The molecule has 0 spiro atoms. The molecule has 0 amide bonds. The monoisotopic (exact) mass is 260 g/mol. The maximum Gasteiger partial charge on any atom is 0.201 e. The molecule has 0 saturated heterocycles. The standard InChI is InChI=1S/C13H8O2S2/c14-12-7-3-1-2-4-8(7)15-9-5-6-10(16)13(17)11(9)12/h1-6,16-17H. The molecule has 0 atom stereocenters. The summed E-state index contributed by atoms with van der Waals surface area (Å²) in [6.07, 6.45) is 0. The summed E-state index contributed by atoms with van der Waals surface area (Å²) >= 11 is 8.58. The first-order chi connectivity index (χ1) is 8.18. The minimum atomic E-state index is -0.0669. The van der Waals surface area contributed by atoms with Gasteiger partial charge in [0.1, 0.15) is 11.2 Å². The van der Waals surface area contributed by atoms with Crippen LogP contribution in [0.4, 0.5) is 0 Å². The maximum absolute atomic E-state index is 12.3. The summed E-state index contributed by atoms with van der Waals surface area (Å²) in [6, 6.07) is 10.7. The van der Waals surface area contributed by atoms with Crippen molar-refractivity contribution in [2.24, 2.45) is 0 Å². The molecule has 3 aromatic rings. The third-order valence-corrected chi connectivity index (χ3v) is 3.71. The van der Waals surface area contributed by atoms with Crippen LogP contribution in [0.1, 0.15) is 0 Å². The highest BCUT2D eigenvalue weighted by atomic mass is 32.1. The molecule has 1 aromatic heterocycles. The van der Waals surface area contributed by atoms with Gasteiger partial charge >= 0.3 is 0 Å². The van der Waals surface area contributed by atoms with Crippen molar-refractivity contribution in [3.05, 3.63) is 46.6 Å². The normalized spacial score (nSPS) is 11.2. The molecule has 0 bridgehead atoms. The van der Waals surface area contributed by atoms with Gasteiger partial charge in [-0.05, 0) is 24.3 Å². The van der Waals surface area contributed by atoms with E-state index in [2.05, 4.69) is 25.3 Å². The van der Waals surface area contributed by atoms with E-state index in [9.17, 15) is 4.79 Å². The number of fused-ring (bicyclic) bond motifs is 2. The summed E-state index contributed by atoms with van der Waals surface area (Å²) in [5.41, 5.74) is 1.06. The highest BCUT2D eigenvalue weighted by Gasteiger charge is 2.11. The van der Waals surface area contributed by atoms with Gasteiger partial charge in [0.25, 0.3) is 0 Å². The summed E-state index contributed by atoms with van der Waals surface area (Å²) in [4.78, 5) is 13.5. The lowest BCUT2D eigenvalue weighted by molar-refractivity contribution is 0.658. The number of para-hydroxylation sites is 1. The molecule has 0 aliphatic carbocycles.